The molecule has 0 aromatic heterocycles. The number of benzene rings is 1. The van der Waals surface area contributed by atoms with Crippen LogP contribution in [-0.4, -0.2) is 45.1 Å². The van der Waals surface area contributed by atoms with Gasteiger partial charge in [-0.05, 0) is 44.0 Å². The number of nitrogens with two attached hydrogens (primary N) is 1. The van der Waals surface area contributed by atoms with Crippen molar-refractivity contribution in [2.45, 2.75) is 30.3 Å². The van der Waals surface area contributed by atoms with Crippen LogP contribution in [0.5, 0.6) is 0 Å². The van der Waals surface area contributed by atoms with Gasteiger partial charge < -0.3 is 10.5 Å². The van der Waals surface area contributed by atoms with E-state index in [1.165, 1.54) is 10.4 Å². The summed E-state index contributed by atoms with van der Waals surface area (Å²) >= 11 is 5.74. The Morgan fingerprint density at radius 1 is 1.32 bits per heavy atom. The average Bonchev–Trinajstić information content (AvgIpc) is 2.47. The highest BCUT2D eigenvalue weighted by Gasteiger charge is 2.30. The zero-order valence-electron chi connectivity index (χ0n) is 12.2. The summed E-state index contributed by atoms with van der Waals surface area (Å²) in [6.07, 6.45) is 2.08. The molecule has 1 aliphatic heterocycles. The molecule has 22 heavy (non-hydrogen) atoms. The molecule has 0 radical (unpaired) electrons. The Morgan fingerprint density at radius 2 is 2.00 bits per heavy atom. The minimum atomic E-state index is -3.72. The van der Waals surface area contributed by atoms with E-state index >= 15 is 0 Å². The van der Waals surface area contributed by atoms with E-state index in [-0.39, 0.29) is 16.0 Å². The molecule has 0 atom stereocenters. The molecule has 0 saturated carbocycles. The molecule has 1 aromatic rings. The fourth-order valence-electron chi connectivity index (χ4n) is 2.40. The molecule has 1 saturated heterocycles. The number of piperidine rings is 1. The Balaban J connectivity index is 2.00. The van der Waals surface area contributed by atoms with Gasteiger partial charge in [0, 0.05) is 24.7 Å². The molecule has 8 heteroatoms. The van der Waals surface area contributed by atoms with Crippen LogP contribution in [-0.2, 0) is 14.8 Å². The van der Waals surface area contributed by atoms with Crippen LogP contribution in [0.25, 0.3) is 0 Å². The zero-order chi connectivity index (χ0) is 16.2. The van der Waals surface area contributed by atoms with Crippen molar-refractivity contribution in [1.82, 2.24) is 4.31 Å². The second kappa shape index (κ2) is 7.70. The van der Waals surface area contributed by atoms with Gasteiger partial charge in [0.15, 0.2) is 0 Å². The van der Waals surface area contributed by atoms with E-state index in [1.807, 2.05) is 0 Å². The molecule has 0 unspecified atom stereocenters. The van der Waals surface area contributed by atoms with E-state index in [2.05, 4.69) is 0 Å². The average molecular weight is 351 g/mol. The molecule has 5 nitrogen and oxygen atoms in total. The Morgan fingerprint density at radius 3 is 2.59 bits per heavy atom. The van der Waals surface area contributed by atoms with Gasteiger partial charge in [0.05, 0.1) is 11.0 Å². The van der Waals surface area contributed by atoms with Crippen LogP contribution < -0.4 is 5.73 Å². The minimum absolute atomic E-state index is 0.0501. The molecular weight excluding hydrogens is 331 g/mol. The number of rotatable bonds is 6. The number of hydrogen-bond donors (Lipinski definition) is 1. The Labute approximate surface area is 135 Å². The van der Waals surface area contributed by atoms with Crippen LogP contribution in [0.4, 0.5) is 4.39 Å². The standard InChI is InChI=1S/C14H20ClFN2O3S/c15-11-8-12(16)10-14(9-11)22(19,20)18-5-2-13(3-6-18)21-7-1-4-17/h8-10,13H,1-7,17H2. The van der Waals surface area contributed by atoms with Crippen LogP contribution in [0.3, 0.4) is 0 Å². The van der Waals surface area contributed by atoms with Gasteiger partial charge in [0.25, 0.3) is 0 Å². The molecule has 1 aliphatic rings. The smallest absolute Gasteiger partial charge is 0.243 e. The summed E-state index contributed by atoms with van der Waals surface area (Å²) in [5, 5.41) is 0.0681. The van der Waals surface area contributed by atoms with Crippen LogP contribution >= 0.6 is 11.6 Å². The van der Waals surface area contributed by atoms with E-state index in [0.717, 1.165) is 18.6 Å². The van der Waals surface area contributed by atoms with Gasteiger partial charge in [0.2, 0.25) is 10.0 Å². The number of ether oxygens (including phenoxy) is 1. The van der Waals surface area contributed by atoms with Gasteiger partial charge in [0.1, 0.15) is 5.82 Å². The molecule has 124 valence electrons. The zero-order valence-corrected chi connectivity index (χ0v) is 13.7. The van der Waals surface area contributed by atoms with Crippen molar-refractivity contribution in [3.8, 4) is 0 Å². The molecule has 0 bridgehead atoms. The first-order valence-corrected chi connectivity index (χ1v) is 9.03. The number of hydrogen-bond acceptors (Lipinski definition) is 4. The molecule has 0 aliphatic carbocycles. The largest absolute Gasteiger partial charge is 0.378 e. The van der Waals surface area contributed by atoms with Gasteiger partial charge in [-0.2, -0.15) is 4.31 Å². The summed E-state index contributed by atoms with van der Waals surface area (Å²) in [7, 11) is -3.72. The minimum Gasteiger partial charge on any atom is -0.378 e. The van der Waals surface area contributed by atoms with Gasteiger partial charge in [-0.15, -0.1) is 0 Å². The highest BCUT2D eigenvalue weighted by atomic mass is 35.5. The summed E-state index contributed by atoms with van der Waals surface area (Å²) in [4.78, 5) is -0.111. The third kappa shape index (κ3) is 4.39. The number of halogens is 2. The Hall–Kier alpha value is -0.730. The van der Waals surface area contributed by atoms with Crippen molar-refractivity contribution in [3.05, 3.63) is 29.0 Å². The molecular formula is C14H20ClFN2O3S. The Bertz CT molecular complexity index is 584. The van der Waals surface area contributed by atoms with Gasteiger partial charge in [-0.25, -0.2) is 12.8 Å². The van der Waals surface area contributed by atoms with Crippen LogP contribution in [0.2, 0.25) is 5.02 Å². The highest BCUT2D eigenvalue weighted by molar-refractivity contribution is 7.89. The summed E-state index contributed by atoms with van der Waals surface area (Å²) in [5.41, 5.74) is 5.40. The molecule has 1 fully saturated rings. The summed E-state index contributed by atoms with van der Waals surface area (Å²) < 4.78 is 45.4. The highest BCUT2D eigenvalue weighted by Crippen LogP contribution is 2.25. The van der Waals surface area contributed by atoms with Crippen molar-refractivity contribution >= 4 is 21.6 Å². The topological polar surface area (TPSA) is 72.6 Å². The maximum Gasteiger partial charge on any atom is 0.243 e. The first kappa shape index (κ1) is 17.6. The third-order valence-corrected chi connectivity index (χ3v) is 5.67. The maximum atomic E-state index is 13.4. The second-order valence-corrected chi connectivity index (χ2v) is 7.60. The lowest BCUT2D eigenvalue weighted by atomic mass is 10.1. The van der Waals surface area contributed by atoms with Crippen molar-refractivity contribution in [2.75, 3.05) is 26.2 Å². The summed E-state index contributed by atoms with van der Waals surface area (Å²) in [6, 6.07) is 3.34. The first-order chi connectivity index (χ1) is 10.4. The monoisotopic (exact) mass is 350 g/mol. The summed E-state index contributed by atoms with van der Waals surface area (Å²) in [6.45, 7) is 1.87. The van der Waals surface area contributed by atoms with E-state index < -0.39 is 15.8 Å². The van der Waals surface area contributed by atoms with Crippen LogP contribution in [0, 0.1) is 5.82 Å². The first-order valence-electron chi connectivity index (χ1n) is 7.21. The van der Waals surface area contributed by atoms with Crippen molar-refractivity contribution in [2.24, 2.45) is 5.73 Å². The Kier molecular flexibility index (Phi) is 6.17. The normalized spacial score (nSPS) is 17.8. The van der Waals surface area contributed by atoms with Gasteiger partial charge in [-0.1, -0.05) is 11.6 Å². The molecule has 2 rings (SSSR count). The maximum absolute atomic E-state index is 13.4. The number of sulfonamides is 1. The third-order valence-electron chi connectivity index (χ3n) is 3.58. The number of nitrogens with zero attached hydrogens (tertiary/aromatic N) is 1. The molecule has 1 heterocycles. The quantitative estimate of drug-likeness (QED) is 0.796. The van der Waals surface area contributed by atoms with Gasteiger partial charge >= 0.3 is 0 Å². The predicted octanol–water partition coefficient (Wildman–Crippen LogP) is 2.00. The molecule has 0 amide bonds. The second-order valence-electron chi connectivity index (χ2n) is 5.22. The molecule has 1 aromatic carbocycles. The van der Waals surface area contributed by atoms with E-state index in [1.54, 1.807) is 0 Å². The van der Waals surface area contributed by atoms with Crippen molar-refractivity contribution in [1.29, 1.82) is 0 Å². The fraction of sp³-hybridized carbons (Fsp3) is 0.571. The van der Waals surface area contributed by atoms with Crippen LogP contribution in [0.1, 0.15) is 19.3 Å². The van der Waals surface area contributed by atoms with E-state index in [4.69, 9.17) is 22.1 Å². The lowest BCUT2D eigenvalue weighted by Gasteiger charge is -2.31. The van der Waals surface area contributed by atoms with E-state index in [0.29, 0.717) is 39.1 Å². The SMILES string of the molecule is NCCCOC1CCN(S(=O)(=O)c2cc(F)cc(Cl)c2)CC1. The lowest BCUT2D eigenvalue weighted by molar-refractivity contribution is 0.0209. The molecule has 2 N–H and O–H groups in total. The van der Waals surface area contributed by atoms with Crippen molar-refractivity contribution in [3.63, 3.8) is 0 Å². The van der Waals surface area contributed by atoms with Gasteiger partial charge in [-0.3, -0.25) is 0 Å². The lowest BCUT2D eigenvalue weighted by Crippen LogP contribution is -2.41. The van der Waals surface area contributed by atoms with Crippen molar-refractivity contribution < 1.29 is 17.5 Å². The molecule has 0 spiro atoms. The summed E-state index contributed by atoms with van der Waals surface area (Å²) in [5.74, 6) is -0.661. The fourth-order valence-corrected chi connectivity index (χ4v) is 4.21. The van der Waals surface area contributed by atoms with E-state index in [9.17, 15) is 12.8 Å². The predicted molar refractivity (Wildman–Crippen MR) is 82.8 cm³/mol. The van der Waals surface area contributed by atoms with Crippen LogP contribution in [0.15, 0.2) is 23.1 Å².